The van der Waals surface area contributed by atoms with Gasteiger partial charge in [-0.15, -0.1) is 0 Å². The van der Waals surface area contributed by atoms with Crippen LogP contribution in [-0.2, 0) is 4.74 Å². The summed E-state index contributed by atoms with van der Waals surface area (Å²) in [6, 6.07) is 6.57. The fourth-order valence-electron chi connectivity index (χ4n) is 1.94. The second kappa shape index (κ2) is 3.55. The lowest BCUT2D eigenvalue weighted by molar-refractivity contribution is 0.0391. The molecule has 0 atom stereocenters. The predicted octanol–water partition coefficient (Wildman–Crippen LogP) is 3.57. The van der Waals surface area contributed by atoms with Gasteiger partial charge in [0, 0.05) is 14.9 Å². The Morgan fingerprint density at radius 1 is 1.06 bits per heavy atom. The van der Waals surface area contributed by atoms with Gasteiger partial charge in [-0.25, -0.2) is 9.59 Å². The van der Waals surface area contributed by atoms with Gasteiger partial charge in [-0.2, -0.15) is 0 Å². The minimum Gasteiger partial charge on any atom is -0.386 e. The van der Waals surface area contributed by atoms with E-state index in [1.165, 1.54) is 6.07 Å². The van der Waals surface area contributed by atoms with Crippen molar-refractivity contribution in [3.8, 4) is 0 Å². The molecule has 17 heavy (non-hydrogen) atoms. The molecule has 84 valence electrons. The summed E-state index contributed by atoms with van der Waals surface area (Å²) >= 11 is 9.31. The molecule has 0 saturated heterocycles. The Morgan fingerprint density at radius 3 is 2.53 bits per heavy atom. The number of carbonyl (C=O) groups is 2. The van der Waals surface area contributed by atoms with Gasteiger partial charge in [0.15, 0.2) is 0 Å². The van der Waals surface area contributed by atoms with Crippen molar-refractivity contribution in [2.24, 2.45) is 0 Å². The predicted molar refractivity (Wildman–Crippen MR) is 66.4 cm³/mol. The second-order valence-corrected chi connectivity index (χ2v) is 4.94. The zero-order chi connectivity index (χ0) is 12.2. The van der Waals surface area contributed by atoms with Crippen LogP contribution in [0.2, 0.25) is 5.02 Å². The Hall–Kier alpha value is -1.39. The number of benzene rings is 2. The molecular weight excluding hydrogens is 307 g/mol. The van der Waals surface area contributed by atoms with E-state index in [-0.39, 0.29) is 0 Å². The molecule has 3 rings (SSSR count). The monoisotopic (exact) mass is 310 g/mol. The number of carbonyl (C=O) groups excluding carboxylic acids is 2. The highest BCUT2D eigenvalue weighted by atomic mass is 79.9. The average Bonchev–Trinajstić information content (AvgIpc) is 2.27. The molecule has 1 aliphatic rings. The zero-order valence-corrected chi connectivity index (χ0v) is 10.6. The van der Waals surface area contributed by atoms with Crippen molar-refractivity contribution in [2.45, 2.75) is 0 Å². The fourth-order valence-corrected chi connectivity index (χ4v) is 2.60. The Morgan fingerprint density at radius 2 is 1.76 bits per heavy atom. The van der Waals surface area contributed by atoms with Crippen LogP contribution in [0.25, 0.3) is 10.8 Å². The van der Waals surface area contributed by atoms with Crippen LogP contribution in [-0.4, -0.2) is 11.9 Å². The molecule has 0 spiro atoms. The van der Waals surface area contributed by atoms with E-state index in [0.29, 0.717) is 21.5 Å². The van der Waals surface area contributed by atoms with E-state index in [2.05, 4.69) is 20.7 Å². The first-order chi connectivity index (χ1) is 8.08. The van der Waals surface area contributed by atoms with Gasteiger partial charge in [0.05, 0.1) is 11.1 Å². The summed E-state index contributed by atoms with van der Waals surface area (Å²) in [6.45, 7) is 0. The standard InChI is InChI=1S/C12H4BrClO3/c13-9-2-1-6-10-7(9)3-5(14)4-8(10)12(16)17-11(6)15/h1-4H. The molecule has 0 saturated carbocycles. The second-order valence-electron chi connectivity index (χ2n) is 3.65. The molecule has 0 amide bonds. The molecule has 1 heterocycles. The highest BCUT2D eigenvalue weighted by Crippen LogP contribution is 2.35. The van der Waals surface area contributed by atoms with Crippen LogP contribution in [0.15, 0.2) is 28.7 Å². The van der Waals surface area contributed by atoms with Crippen LogP contribution in [0.3, 0.4) is 0 Å². The summed E-state index contributed by atoms with van der Waals surface area (Å²) in [4.78, 5) is 23.2. The van der Waals surface area contributed by atoms with Crippen molar-refractivity contribution in [1.82, 2.24) is 0 Å². The molecule has 0 radical (unpaired) electrons. The summed E-state index contributed by atoms with van der Waals surface area (Å²) in [6.07, 6.45) is 0. The summed E-state index contributed by atoms with van der Waals surface area (Å²) in [7, 11) is 0. The number of hydrogen-bond acceptors (Lipinski definition) is 3. The first-order valence-electron chi connectivity index (χ1n) is 4.76. The minimum absolute atomic E-state index is 0.323. The third-order valence-electron chi connectivity index (χ3n) is 2.65. The number of esters is 2. The Balaban J connectivity index is 2.58. The van der Waals surface area contributed by atoms with Crippen LogP contribution in [0.4, 0.5) is 0 Å². The first kappa shape index (κ1) is 10.7. The van der Waals surface area contributed by atoms with E-state index in [0.717, 1.165) is 9.86 Å². The molecule has 0 aromatic heterocycles. The molecule has 5 heteroatoms. The van der Waals surface area contributed by atoms with E-state index in [1.807, 2.05) is 0 Å². The van der Waals surface area contributed by atoms with Crippen molar-refractivity contribution in [3.05, 3.63) is 44.9 Å². The van der Waals surface area contributed by atoms with Gasteiger partial charge >= 0.3 is 11.9 Å². The van der Waals surface area contributed by atoms with E-state index in [1.54, 1.807) is 18.2 Å². The molecule has 0 fully saturated rings. The highest BCUT2D eigenvalue weighted by molar-refractivity contribution is 9.10. The van der Waals surface area contributed by atoms with Crippen LogP contribution < -0.4 is 0 Å². The molecule has 2 aromatic carbocycles. The number of cyclic esters (lactones) is 2. The first-order valence-corrected chi connectivity index (χ1v) is 5.93. The van der Waals surface area contributed by atoms with Crippen molar-refractivity contribution in [2.75, 3.05) is 0 Å². The van der Waals surface area contributed by atoms with Crippen LogP contribution >= 0.6 is 27.5 Å². The lowest BCUT2D eigenvalue weighted by atomic mass is 9.97. The quantitative estimate of drug-likeness (QED) is 0.552. The average molecular weight is 312 g/mol. The van der Waals surface area contributed by atoms with Gasteiger partial charge in [-0.1, -0.05) is 27.5 Å². The molecule has 3 nitrogen and oxygen atoms in total. The molecule has 0 aliphatic carbocycles. The normalized spacial score (nSPS) is 14.0. The van der Waals surface area contributed by atoms with E-state index >= 15 is 0 Å². The third-order valence-corrected chi connectivity index (χ3v) is 3.56. The van der Waals surface area contributed by atoms with Gasteiger partial charge in [0.2, 0.25) is 0 Å². The summed E-state index contributed by atoms with van der Waals surface area (Å²) in [5, 5.41) is 1.75. The number of ether oxygens (including phenoxy) is 1. The maximum Gasteiger partial charge on any atom is 0.346 e. The molecule has 0 N–H and O–H groups in total. The minimum atomic E-state index is -0.659. The zero-order valence-electron chi connectivity index (χ0n) is 8.29. The lowest BCUT2D eigenvalue weighted by Gasteiger charge is -2.16. The van der Waals surface area contributed by atoms with Gasteiger partial charge < -0.3 is 4.74 Å². The smallest absolute Gasteiger partial charge is 0.346 e. The van der Waals surface area contributed by atoms with Crippen LogP contribution in [0, 0.1) is 0 Å². The van der Waals surface area contributed by atoms with E-state index in [4.69, 9.17) is 11.6 Å². The Bertz CT molecular complexity index is 694. The summed E-state index contributed by atoms with van der Waals surface area (Å²) in [5.41, 5.74) is 0.706. The topological polar surface area (TPSA) is 43.4 Å². The van der Waals surface area contributed by atoms with E-state index in [9.17, 15) is 9.59 Å². The van der Waals surface area contributed by atoms with Crippen molar-refractivity contribution in [1.29, 1.82) is 0 Å². The van der Waals surface area contributed by atoms with Gasteiger partial charge in [0.1, 0.15) is 0 Å². The van der Waals surface area contributed by atoms with Crippen LogP contribution in [0.1, 0.15) is 20.7 Å². The van der Waals surface area contributed by atoms with Crippen molar-refractivity contribution >= 4 is 50.2 Å². The summed E-state index contributed by atoms with van der Waals surface area (Å²) in [5.74, 6) is -1.28. The summed E-state index contributed by atoms with van der Waals surface area (Å²) < 4.78 is 5.43. The van der Waals surface area contributed by atoms with Crippen molar-refractivity contribution in [3.63, 3.8) is 0 Å². The highest BCUT2D eigenvalue weighted by Gasteiger charge is 2.28. The van der Waals surface area contributed by atoms with Crippen LogP contribution in [0.5, 0.6) is 0 Å². The molecule has 0 unspecified atom stereocenters. The maximum atomic E-state index is 11.6. The van der Waals surface area contributed by atoms with Gasteiger partial charge in [0.25, 0.3) is 0 Å². The Kier molecular flexibility index (Phi) is 2.24. The van der Waals surface area contributed by atoms with E-state index < -0.39 is 11.9 Å². The largest absolute Gasteiger partial charge is 0.386 e. The molecule has 1 aliphatic heterocycles. The number of halogens is 2. The maximum absolute atomic E-state index is 11.6. The molecule has 0 bridgehead atoms. The third kappa shape index (κ3) is 1.48. The Labute approximate surface area is 109 Å². The van der Waals surface area contributed by atoms with Gasteiger partial charge in [-0.05, 0) is 29.7 Å². The molecule has 2 aromatic rings. The lowest BCUT2D eigenvalue weighted by Crippen LogP contribution is -2.19. The number of rotatable bonds is 0. The molecular formula is C12H4BrClO3. The van der Waals surface area contributed by atoms with Crippen molar-refractivity contribution < 1.29 is 14.3 Å². The number of hydrogen-bond donors (Lipinski definition) is 0. The van der Waals surface area contributed by atoms with Gasteiger partial charge in [-0.3, -0.25) is 0 Å². The fraction of sp³-hybridized carbons (Fsp3) is 0. The SMILES string of the molecule is O=C1OC(=O)c2cc(Cl)cc3c(Br)ccc1c23.